The van der Waals surface area contributed by atoms with Crippen molar-refractivity contribution >= 4 is 27.5 Å². The van der Waals surface area contributed by atoms with Gasteiger partial charge in [0.2, 0.25) is 0 Å². The van der Waals surface area contributed by atoms with Gasteiger partial charge in [0.05, 0.1) is 0 Å². The number of anilines is 1. The monoisotopic (exact) mass is 305 g/mol. The normalized spacial score (nSPS) is 10.1. The molecule has 0 aliphatic heterocycles. The SMILES string of the molecule is Cc1ccc(NC(=O)c2cccc(Br)c2)cc1O. The first-order valence-corrected chi connectivity index (χ1v) is 6.22. The Morgan fingerprint density at radius 1 is 1.22 bits per heavy atom. The van der Waals surface area contributed by atoms with Crippen LogP contribution in [-0.2, 0) is 0 Å². The molecule has 0 unspecified atom stereocenters. The molecule has 18 heavy (non-hydrogen) atoms. The molecule has 0 saturated carbocycles. The second kappa shape index (κ2) is 5.23. The first-order chi connectivity index (χ1) is 8.56. The Kier molecular flexibility index (Phi) is 3.67. The number of carbonyl (C=O) groups is 1. The zero-order valence-corrected chi connectivity index (χ0v) is 11.4. The first kappa shape index (κ1) is 12.6. The molecule has 0 aliphatic carbocycles. The molecule has 0 spiro atoms. The van der Waals surface area contributed by atoms with Gasteiger partial charge in [-0.3, -0.25) is 4.79 Å². The number of phenolic OH excluding ortho intramolecular Hbond substituents is 1. The van der Waals surface area contributed by atoms with Crippen molar-refractivity contribution in [2.24, 2.45) is 0 Å². The Balaban J connectivity index is 2.18. The van der Waals surface area contributed by atoms with Crippen LogP contribution in [0.4, 0.5) is 5.69 Å². The summed E-state index contributed by atoms with van der Waals surface area (Å²) in [6.45, 7) is 1.80. The molecule has 92 valence electrons. The average molecular weight is 306 g/mol. The van der Waals surface area contributed by atoms with Crippen LogP contribution in [-0.4, -0.2) is 11.0 Å². The van der Waals surface area contributed by atoms with E-state index < -0.39 is 0 Å². The number of aryl methyl sites for hydroxylation is 1. The fourth-order valence-electron chi connectivity index (χ4n) is 1.52. The molecular weight excluding hydrogens is 294 g/mol. The molecule has 3 nitrogen and oxygen atoms in total. The lowest BCUT2D eigenvalue weighted by molar-refractivity contribution is 0.102. The summed E-state index contributed by atoms with van der Waals surface area (Å²) in [6.07, 6.45) is 0. The lowest BCUT2D eigenvalue weighted by atomic mass is 10.2. The minimum Gasteiger partial charge on any atom is -0.508 e. The summed E-state index contributed by atoms with van der Waals surface area (Å²) in [4.78, 5) is 11.9. The van der Waals surface area contributed by atoms with E-state index in [2.05, 4.69) is 21.2 Å². The van der Waals surface area contributed by atoms with Gasteiger partial charge in [-0.15, -0.1) is 0 Å². The zero-order valence-electron chi connectivity index (χ0n) is 9.77. The molecular formula is C14H12BrNO2. The highest BCUT2D eigenvalue weighted by Gasteiger charge is 2.07. The second-order valence-corrected chi connectivity index (χ2v) is 4.88. The Labute approximate surface area is 114 Å². The van der Waals surface area contributed by atoms with E-state index in [-0.39, 0.29) is 11.7 Å². The van der Waals surface area contributed by atoms with Gasteiger partial charge < -0.3 is 10.4 Å². The van der Waals surface area contributed by atoms with Crippen molar-refractivity contribution in [1.29, 1.82) is 0 Å². The third-order valence-electron chi connectivity index (χ3n) is 2.55. The minimum atomic E-state index is -0.209. The van der Waals surface area contributed by atoms with E-state index in [9.17, 15) is 9.90 Å². The van der Waals surface area contributed by atoms with E-state index in [1.807, 2.05) is 6.07 Å². The van der Waals surface area contributed by atoms with Gasteiger partial charge in [0, 0.05) is 21.8 Å². The molecule has 0 atom stereocenters. The lowest BCUT2D eigenvalue weighted by Gasteiger charge is -2.07. The number of halogens is 1. The maximum Gasteiger partial charge on any atom is 0.255 e. The van der Waals surface area contributed by atoms with Crippen LogP contribution in [0, 0.1) is 6.92 Å². The molecule has 2 aromatic rings. The fraction of sp³-hybridized carbons (Fsp3) is 0.0714. The second-order valence-electron chi connectivity index (χ2n) is 3.97. The largest absolute Gasteiger partial charge is 0.508 e. The molecule has 4 heteroatoms. The summed E-state index contributed by atoms with van der Waals surface area (Å²) in [5, 5.41) is 12.3. The van der Waals surface area contributed by atoms with E-state index >= 15 is 0 Å². The van der Waals surface area contributed by atoms with Gasteiger partial charge in [-0.25, -0.2) is 0 Å². The number of hydrogen-bond donors (Lipinski definition) is 2. The van der Waals surface area contributed by atoms with E-state index in [1.54, 1.807) is 37.3 Å². The van der Waals surface area contributed by atoms with Gasteiger partial charge >= 0.3 is 0 Å². The molecule has 0 heterocycles. The lowest BCUT2D eigenvalue weighted by Crippen LogP contribution is -2.11. The number of benzene rings is 2. The third-order valence-corrected chi connectivity index (χ3v) is 3.05. The van der Waals surface area contributed by atoms with Crippen LogP contribution >= 0.6 is 15.9 Å². The van der Waals surface area contributed by atoms with Gasteiger partial charge in [0.25, 0.3) is 5.91 Å². The van der Waals surface area contributed by atoms with Crippen LogP contribution in [0.2, 0.25) is 0 Å². The summed E-state index contributed by atoms with van der Waals surface area (Å²) in [7, 11) is 0. The van der Waals surface area contributed by atoms with E-state index in [1.165, 1.54) is 6.07 Å². The van der Waals surface area contributed by atoms with Crippen LogP contribution < -0.4 is 5.32 Å². The molecule has 0 saturated heterocycles. The number of rotatable bonds is 2. The first-order valence-electron chi connectivity index (χ1n) is 5.43. The van der Waals surface area contributed by atoms with Gasteiger partial charge in [-0.2, -0.15) is 0 Å². The maximum atomic E-state index is 11.9. The molecule has 2 aromatic carbocycles. The fourth-order valence-corrected chi connectivity index (χ4v) is 1.92. The maximum absolute atomic E-state index is 11.9. The molecule has 0 aliphatic rings. The quantitative estimate of drug-likeness (QED) is 0.888. The van der Waals surface area contributed by atoms with E-state index in [4.69, 9.17) is 0 Å². The Morgan fingerprint density at radius 2 is 2.00 bits per heavy atom. The van der Waals surface area contributed by atoms with Gasteiger partial charge in [0.1, 0.15) is 5.75 Å². The van der Waals surface area contributed by atoms with Crippen molar-refractivity contribution in [3.05, 3.63) is 58.1 Å². The van der Waals surface area contributed by atoms with Gasteiger partial charge in [0.15, 0.2) is 0 Å². The predicted molar refractivity (Wildman–Crippen MR) is 74.9 cm³/mol. The minimum absolute atomic E-state index is 0.169. The van der Waals surface area contributed by atoms with Crippen LogP contribution in [0.5, 0.6) is 5.75 Å². The number of nitrogens with one attached hydrogen (secondary N) is 1. The van der Waals surface area contributed by atoms with Crippen molar-refractivity contribution in [3.63, 3.8) is 0 Å². The molecule has 1 amide bonds. The zero-order chi connectivity index (χ0) is 13.1. The number of amides is 1. The Morgan fingerprint density at radius 3 is 2.67 bits per heavy atom. The van der Waals surface area contributed by atoms with Crippen molar-refractivity contribution in [2.75, 3.05) is 5.32 Å². The topological polar surface area (TPSA) is 49.3 Å². The summed E-state index contributed by atoms with van der Waals surface area (Å²) in [5.41, 5.74) is 1.91. The van der Waals surface area contributed by atoms with Crippen LogP contribution in [0.1, 0.15) is 15.9 Å². The summed E-state index contributed by atoms with van der Waals surface area (Å²) < 4.78 is 0.849. The smallest absolute Gasteiger partial charge is 0.255 e. The van der Waals surface area contributed by atoms with E-state index in [0.717, 1.165) is 10.0 Å². The molecule has 2 N–H and O–H groups in total. The molecule has 0 bridgehead atoms. The van der Waals surface area contributed by atoms with Crippen LogP contribution in [0.25, 0.3) is 0 Å². The third kappa shape index (κ3) is 2.90. The van der Waals surface area contributed by atoms with Crippen LogP contribution in [0.3, 0.4) is 0 Å². The Bertz CT molecular complexity index is 596. The molecule has 0 radical (unpaired) electrons. The highest BCUT2D eigenvalue weighted by molar-refractivity contribution is 9.10. The van der Waals surface area contributed by atoms with Crippen LogP contribution in [0.15, 0.2) is 46.9 Å². The summed E-state index contributed by atoms with van der Waals surface area (Å²) in [6, 6.07) is 12.2. The highest BCUT2D eigenvalue weighted by Crippen LogP contribution is 2.21. The number of carbonyl (C=O) groups excluding carboxylic acids is 1. The number of hydrogen-bond acceptors (Lipinski definition) is 2. The standard InChI is InChI=1S/C14H12BrNO2/c1-9-5-6-12(8-13(9)17)16-14(18)10-3-2-4-11(15)7-10/h2-8,17H,1H3,(H,16,18). The molecule has 2 rings (SSSR count). The summed E-state index contributed by atoms with van der Waals surface area (Å²) in [5.74, 6) is -0.0402. The van der Waals surface area contributed by atoms with Crippen molar-refractivity contribution < 1.29 is 9.90 Å². The average Bonchev–Trinajstić information content (AvgIpc) is 2.34. The number of phenols is 1. The predicted octanol–water partition coefficient (Wildman–Crippen LogP) is 3.72. The van der Waals surface area contributed by atoms with E-state index in [0.29, 0.717) is 11.3 Å². The molecule has 0 aromatic heterocycles. The number of aromatic hydroxyl groups is 1. The van der Waals surface area contributed by atoms with Crippen molar-refractivity contribution in [1.82, 2.24) is 0 Å². The van der Waals surface area contributed by atoms with Crippen molar-refractivity contribution in [2.45, 2.75) is 6.92 Å². The van der Waals surface area contributed by atoms with Gasteiger partial charge in [-0.1, -0.05) is 28.1 Å². The molecule has 0 fully saturated rings. The van der Waals surface area contributed by atoms with Crippen molar-refractivity contribution in [3.8, 4) is 5.75 Å². The van der Waals surface area contributed by atoms with Gasteiger partial charge in [-0.05, 0) is 36.8 Å². The highest BCUT2D eigenvalue weighted by atomic mass is 79.9. The summed E-state index contributed by atoms with van der Waals surface area (Å²) >= 11 is 3.32. The Hall–Kier alpha value is -1.81.